The lowest BCUT2D eigenvalue weighted by Crippen LogP contribution is -2.53. The summed E-state index contributed by atoms with van der Waals surface area (Å²) in [7, 11) is 3.05. The van der Waals surface area contributed by atoms with Crippen molar-refractivity contribution in [1.82, 2.24) is 24.4 Å². The van der Waals surface area contributed by atoms with Gasteiger partial charge in [0.2, 0.25) is 0 Å². The number of nitrogens with one attached hydrogen (secondary N) is 1. The number of aromatic amines is 1. The molecular weight excluding hydrogens is 472 g/mol. The Morgan fingerprint density at radius 3 is 2.57 bits per heavy atom. The van der Waals surface area contributed by atoms with E-state index < -0.39 is 5.69 Å². The van der Waals surface area contributed by atoms with Crippen LogP contribution in [0.5, 0.6) is 11.5 Å². The molecule has 0 radical (unpaired) electrons. The summed E-state index contributed by atoms with van der Waals surface area (Å²) in [6.45, 7) is 0.694. The molecule has 0 aliphatic carbocycles. The second-order valence-electron chi connectivity index (χ2n) is 8.96. The molecule has 1 aliphatic heterocycles. The van der Waals surface area contributed by atoms with Gasteiger partial charge in [0.05, 0.1) is 25.8 Å². The number of ether oxygens (including phenoxy) is 2. The highest BCUT2D eigenvalue weighted by Gasteiger charge is 2.35. The summed E-state index contributed by atoms with van der Waals surface area (Å²) in [5.41, 5.74) is 9.75. The zero-order valence-corrected chi connectivity index (χ0v) is 20.3. The van der Waals surface area contributed by atoms with E-state index in [2.05, 4.69) is 15.0 Å². The van der Waals surface area contributed by atoms with Crippen LogP contribution >= 0.6 is 0 Å². The predicted molar refractivity (Wildman–Crippen MR) is 140 cm³/mol. The number of nitrogen functional groups attached to an aromatic ring is 1. The third-order valence-corrected chi connectivity index (χ3v) is 6.82. The molecule has 4 heterocycles. The van der Waals surface area contributed by atoms with Crippen LogP contribution in [0.25, 0.3) is 32.9 Å². The Hall–Kier alpha value is -4.86. The van der Waals surface area contributed by atoms with Gasteiger partial charge in [0.25, 0.3) is 5.91 Å². The van der Waals surface area contributed by atoms with Crippen molar-refractivity contribution in [2.75, 3.05) is 33.0 Å². The number of benzene rings is 2. The zero-order valence-electron chi connectivity index (χ0n) is 20.3. The van der Waals surface area contributed by atoms with Crippen LogP contribution in [0, 0.1) is 0 Å². The van der Waals surface area contributed by atoms with Crippen molar-refractivity contribution in [3.8, 4) is 22.6 Å². The Bertz CT molecular complexity index is 1720. The van der Waals surface area contributed by atoms with E-state index >= 15 is 0 Å². The highest BCUT2D eigenvalue weighted by Crippen LogP contribution is 2.35. The first kappa shape index (κ1) is 22.6. The number of methoxy groups -OCH3 is 2. The molecule has 1 amide bonds. The minimum atomic E-state index is -0.470. The monoisotopic (exact) mass is 496 g/mol. The molecule has 3 N–H and O–H groups in total. The molecular formula is C27H24N6O4. The van der Waals surface area contributed by atoms with Gasteiger partial charge >= 0.3 is 5.69 Å². The zero-order chi connectivity index (χ0) is 25.7. The lowest BCUT2D eigenvalue weighted by Gasteiger charge is -2.40. The number of pyridine rings is 1. The van der Waals surface area contributed by atoms with Gasteiger partial charge in [-0.15, -0.1) is 0 Å². The normalized spacial score (nSPS) is 13.6. The number of aromatic nitrogens is 4. The third-order valence-electron chi connectivity index (χ3n) is 6.82. The molecule has 0 atom stereocenters. The lowest BCUT2D eigenvalue weighted by molar-refractivity contribution is 0.0512. The van der Waals surface area contributed by atoms with E-state index in [0.29, 0.717) is 41.2 Å². The molecule has 6 rings (SSSR count). The number of likely N-dealkylation sites (tertiary alicyclic amines) is 1. The summed E-state index contributed by atoms with van der Waals surface area (Å²) in [4.78, 5) is 39.3. The van der Waals surface area contributed by atoms with Crippen molar-refractivity contribution in [3.63, 3.8) is 0 Å². The number of carbonyl (C=O) groups is 1. The van der Waals surface area contributed by atoms with Crippen LogP contribution in [0.3, 0.4) is 0 Å². The van der Waals surface area contributed by atoms with Crippen LogP contribution in [0.15, 0.2) is 65.7 Å². The number of carbonyl (C=O) groups excluding carboxylic acids is 1. The fourth-order valence-corrected chi connectivity index (χ4v) is 4.82. The summed E-state index contributed by atoms with van der Waals surface area (Å²) < 4.78 is 12.1. The molecule has 0 saturated carbocycles. The van der Waals surface area contributed by atoms with E-state index in [0.717, 1.165) is 22.0 Å². The first-order valence-electron chi connectivity index (χ1n) is 11.7. The number of H-pyrrole nitrogens is 1. The summed E-state index contributed by atoms with van der Waals surface area (Å²) >= 11 is 0. The van der Waals surface area contributed by atoms with Gasteiger partial charge in [-0.3, -0.25) is 14.3 Å². The number of fused-ring (bicyclic) bond motifs is 2. The van der Waals surface area contributed by atoms with Crippen molar-refractivity contribution in [3.05, 3.63) is 77.1 Å². The standard InChI is InChI=1S/C27H24N6O4/c1-36-23-10-19-21(11-24(23)37-2)31-27(35)33(25(19)28)18-13-32(14-18)26(34)22-9-17-8-15(5-6-20(17)30-22)16-4-3-7-29-12-16/h3-12,18,30H,13-14,28H2,1-2H3. The molecule has 37 heavy (non-hydrogen) atoms. The highest BCUT2D eigenvalue weighted by molar-refractivity contribution is 5.99. The van der Waals surface area contributed by atoms with Gasteiger partial charge in [-0.2, -0.15) is 4.98 Å². The minimum Gasteiger partial charge on any atom is -0.493 e. The van der Waals surface area contributed by atoms with Crippen molar-refractivity contribution < 1.29 is 14.3 Å². The number of hydrogen-bond acceptors (Lipinski definition) is 7. The van der Waals surface area contributed by atoms with Crippen LogP contribution in [-0.2, 0) is 0 Å². The molecule has 10 heteroatoms. The van der Waals surface area contributed by atoms with Crippen molar-refractivity contribution >= 4 is 33.5 Å². The first-order chi connectivity index (χ1) is 18.0. The topological polar surface area (TPSA) is 128 Å². The summed E-state index contributed by atoms with van der Waals surface area (Å²) in [5.74, 6) is 1.10. The lowest BCUT2D eigenvalue weighted by atomic mass is 10.1. The summed E-state index contributed by atoms with van der Waals surface area (Å²) in [5, 5.41) is 1.52. The smallest absolute Gasteiger partial charge is 0.350 e. The van der Waals surface area contributed by atoms with E-state index in [1.807, 2.05) is 42.6 Å². The largest absolute Gasteiger partial charge is 0.493 e. The van der Waals surface area contributed by atoms with Gasteiger partial charge in [-0.25, -0.2) is 4.79 Å². The quantitative estimate of drug-likeness (QED) is 0.382. The van der Waals surface area contributed by atoms with E-state index in [1.165, 1.54) is 18.8 Å². The molecule has 3 aromatic heterocycles. The second-order valence-corrected chi connectivity index (χ2v) is 8.96. The molecule has 0 bridgehead atoms. The molecule has 186 valence electrons. The molecule has 5 aromatic rings. The molecule has 0 unspecified atom stereocenters. The molecule has 1 fully saturated rings. The van der Waals surface area contributed by atoms with Crippen LogP contribution in [0.1, 0.15) is 16.5 Å². The van der Waals surface area contributed by atoms with E-state index in [1.54, 1.807) is 23.2 Å². The van der Waals surface area contributed by atoms with Crippen LogP contribution in [-0.4, -0.2) is 57.6 Å². The number of amides is 1. The van der Waals surface area contributed by atoms with Gasteiger partial charge in [0.1, 0.15) is 11.5 Å². The Kier molecular flexibility index (Phi) is 5.29. The average Bonchev–Trinajstić information content (AvgIpc) is 3.33. The van der Waals surface area contributed by atoms with E-state index in [4.69, 9.17) is 15.2 Å². The second kappa shape index (κ2) is 8.66. The van der Waals surface area contributed by atoms with Gasteiger partial charge in [0.15, 0.2) is 11.5 Å². The Balaban J connectivity index is 1.24. The average molecular weight is 497 g/mol. The number of nitrogens with zero attached hydrogens (tertiary/aromatic N) is 4. The molecule has 1 aliphatic rings. The third kappa shape index (κ3) is 3.74. The number of rotatable bonds is 5. The first-order valence-corrected chi connectivity index (χ1v) is 11.7. The van der Waals surface area contributed by atoms with Gasteiger partial charge in [-0.05, 0) is 35.9 Å². The Labute approximate surface area is 211 Å². The fourth-order valence-electron chi connectivity index (χ4n) is 4.82. The summed E-state index contributed by atoms with van der Waals surface area (Å²) in [6, 6.07) is 14.8. The van der Waals surface area contributed by atoms with Crippen LogP contribution in [0.2, 0.25) is 0 Å². The van der Waals surface area contributed by atoms with E-state index in [9.17, 15) is 9.59 Å². The van der Waals surface area contributed by atoms with Crippen LogP contribution < -0.4 is 20.9 Å². The molecule has 1 saturated heterocycles. The Morgan fingerprint density at radius 1 is 1.05 bits per heavy atom. The predicted octanol–water partition coefficient (Wildman–Crippen LogP) is 3.24. The molecule has 10 nitrogen and oxygen atoms in total. The maximum Gasteiger partial charge on any atom is 0.350 e. The fraction of sp³-hybridized carbons (Fsp3) is 0.185. The number of anilines is 1. The summed E-state index contributed by atoms with van der Waals surface area (Å²) in [6.07, 6.45) is 3.54. The number of hydrogen-bond donors (Lipinski definition) is 2. The van der Waals surface area contributed by atoms with Gasteiger partial charge < -0.3 is 25.1 Å². The highest BCUT2D eigenvalue weighted by atomic mass is 16.5. The maximum atomic E-state index is 13.2. The maximum absolute atomic E-state index is 13.2. The van der Waals surface area contributed by atoms with Gasteiger partial charge in [0, 0.05) is 53.4 Å². The van der Waals surface area contributed by atoms with Crippen molar-refractivity contribution in [2.24, 2.45) is 0 Å². The molecule has 0 spiro atoms. The Morgan fingerprint density at radius 2 is 1.84 bits per heavy atom. The van der Waals surface area contributed by atoms with Crippen molar-refractivity contribution in [1.29, 1.82) is 0 Å². The SMILES string of the molecule is COc1cc2nc(=O)n(C3CN(C(=O)c4cc5cc(-c6cccnc6)ccc5[nH]4)C3)c(N)c2cc1OC. The van der Waals surface area contributed by atoms with E-state index in [-0.39, 0.29) is 17.8 Å². The minimum absolute atomic E-state index is 0.137. The van der Waals surface area contributed by atoms with Crippen molar-refractivity contribution in [2.45, 2.75) is 6.04 Å². The number of nitrogens with two attached hydrogens (primary N) is 1. The molecule has 2 aromatic carbocycles. The van der Waals surface area contributed by atoms with Crippen LogP contribution in [0.4, 0.5) is 5.82 Å². The van der Waals surface area contributed by atoms with Gasteiger partial charge in [-0.1, -0.05) is 12.1 Å².